The van der Waals surface area contributed by atoms with Gasteiger partial charge in [-0.3, -0.25) is 0 Å². The Hall–Kier alpha value is -1.57. The molecule has 0 unspecified atom stereocenters. The number of hydrogen-bond donors (Lipinski definition) is 2. The summed E-state index contributed by atoms with van der Waals surface area (Å²) in [6.07, 6.45) is 2.34. The molecule has 0 spiro atoms. The minimum atomic E-state index is -6.00. The van der Waals surface area contributed by atoms with Crippen LogP contribution >= 0.6 is 12.1 Å². The number of isocyanates is 2. The fourth-order valence-corrected chi connectivity index (χ4v) is 0.161. The zero-order chi connectivity index (χ0) is 15.2. The first-order valence-electron chi connectivity index (χ1n) is 3.20. The van der Waals surface area contributed by atoms with Crippen molar-refractivity contribution >= 4 is 43.5 Å². The van der Waals surface area contributed by atoms with Crippen molar-refractivity contribution in [3.05, 3.63) is 0 Å². The number of hydrogen-bond acceptors (Lipinski definition) is 7. The van der Waals surface area contributed by atoms with E-state index >= 15 is 0 Å². The minimum Gasteiger partial charge on any atom is -0.473 e. The molecule has 15 heteroatoms. The molecule has 0 aliphatic carbocycles. The summed E-state index contributed by atoms with van der Waals surface area (Å²) in [5.41, 5.74) is 0. The first kappa shape index (κ1) is 26.1. The zero-order valence-electron chi connectivity index (χ0n) is 8.92. The topological polar surface area (TPSA) is 133 Å². The Morgan fingerprint density at radius 1 is 0.947 bits per heavy atom. The summed E-state index contributed by atoms with van der Waals surface area (Å²) >= 11 is 0.456. The van der Waals surface area contributed by atoms with Gasteiger partial charge in [0.25, 0.3) is 0 Å². The molecule has 0 amide bonds. The van der Waals surface area contributed by atoms with Gasteiger partial charge in [-0.25, -0.2) is 19.2 Å². The Labute approximate surface area is 118 Å². The van der Waals surface area contributed by atoms with E-state index in [-0.39, 0.29) is 18.9 Å². The van der Waals surface area contributed by atoms with Crippen molar-refractivity contribution in [2.24, 2.45) is 8.80 Å². The third kappa shape index (κ3) is 82.7. The smallest absolute Gasteiger partial charge is 0.473 e. The van der Waals surface area contributed by atoms with Crippen molar-refractivity contribution in [1.82, 2.24) is 0 Å². The quantitative estimate of drug-likeness (QED) is 0.146. The van der Waals surface area contributed by atoms with Crippen LogP contribution in [-0.4, -0.2) is 41.6 Å². The van der Waals surface area contributed by atoms with E-state index in [9.17, 15) is 26.9 Å². The van der Waals surface area contributed by atoms with Crippen LogP contribution in [0, 0.1) is 0 Å². The van der Waals surface area contributed by atoms with Crippen LogP contribution in [0.5, 0.6) is 0 Å². The first-order chi connectivity index (χ1) is 8.06. The molecule has 102 valence electrons. The van der Waals surface area contributed by atoms with Gasteiger partial charge in [-0.05, 0) is 0 Å². The normalized spacial score (nSPS) is 7.58. The van der Waals surface area contributed by atoms with Gasteiger partial charge in [0.15, 0.2) is 0 Å². The molecule has 0 aliphatic heterocycles. The zero-order valence-corrected chi connectivity index (χ0v) is 9.74. The standard InChI is InChI=1S/C2N2O2S.C2H2O4.BF4.Li/c5-1-3-7-4-2-6;3-1(4)2(5)6;2-1(3,4)5;/h;(H,3,4)(H,5,6);;/q;;-1;+1. The molecule has 8 nitrogen and oxygen atoms in total. The van der Waals surface area contributed by atoms with E-state index in [1.807, 2.05) is 0 Å². The summed E-state index contributed by atoms with van der Waals surface area (Å²) in [5.74, 6) is -3.65. The van der Waals surface area contributed by atoms with Crippen molar-refractivity contribution < 1.29 is 65.5 Å². The van der Waals surface area contributed by atoms with Crippen molar-refractivity contribution in [3.8, 4) is 0 Å². The number of carboxylic acid groups (broad SMARTS) is 2. The maximum absolute atomic E-state index is 9.75. The predicted octanol–water partition coefficient (Wildman–Crippen LogP) is -2.32. The van der Waals surface area contributed by atoms with Gasteiger partial charge >= 0.3 is 38.1 Å². The predicted molar refractivity (Wildman–Crippen MR) is 49.3 cm³/mol. The number of rotatable bonds is 2. The molecular formula is C4H2BF4LiN2O6S. The second-order valence-electron chi connectivity index (χ2n) is 1.55. The summed E-state index contributed by atoms with van der Waals surface area (Å²) in [6.45, 7) is 0. The Balaban J connectivity index is -0.0000000878. The van der Waals surface area contributed by atoms with Crippen LogP contribution in [0.25, 0.3) is 0 Å². The number of halogens is 4. The Bertz CT molecular complexity index is 335. The van der Waals surface area contributed by atoms with Crippen molar-refractivity contribution in [1.29, 1.82) is 0 Å². The molecule has 0 aliphatic rings. The molecule has 0 atom stereocenters. The van der Waals surface area contributed by atoms with Gasteiger partial charge in [-0.1, -0.05) is 0 Å². The Morgan fingerprint density at radius 2 is 1.16 bits per heavy atom. The van der Waals surface area contributed by atoms with Crippen molar-refractivity contribution in [2.75, 3.05) is 0 Å². The average Bonchev–Trinajstić information content (AvgIpc) is 2.17. The fraction of sp³-hybridized carbons (Fsp3) is 0. The van der Waals surface area contributed by atoms with Gasteiger partial charge < -0.3 is 27.5 Å². The number of carbonyl (C=O) groups is 2. The van der Waals surface area contributed by atoms with E-state index in [4.69, 9.17) is 19.8 Å². The first-order valence-corrected chi connectivity index (χ1v) is 3.93. The molecule has 0 bridgehead atoms. The summed E-state index contributed by atoms with van der Waals surface area (Å²) in [7, 11) is -6.00. The van der Waals surface area contributed by atoms with Crippen molar-refractivity contribution in [3.63, 3.8) is 0 Å². The number of carboxylic acids is 2. The van der Waals surface area contributed by atoms with Crippen LogP contribution in [0.4, 0.5) is 17.3 Å². The Morgan fingerprint density at radius 3 is 1.26 bits per heavy atom. The SMILES string of the molecule is F[B-](F)(F)F.O=C(O)C(=O)O.O=C=NSN=C=O.[Li+]. The molecule has 0 aromatic carbocycles. The third-order valence-electron chi connectivity index (χ3n) is 0.339. The summed E-state index contributed by atoms with van der Waals surface area (Å²) in [6, 6.07) is 0. The van der Waals surface area contributed by atoms with Gasteiger partial charge in [-0.15, -0.1) is 8.80 Å². The molecule has 0 fully saturated rings. The fourth-order valence-electron chi connectivity index (χ4n) is 0.0537. The molecule has 0 rings (SSSR count). The van der Waals surface area contributed by atoms with Gasteiger partial charge in [-0.2, -0.15) is 0 Å². The number of carbonyl (C=O) groups excluding carboxylic acids is 2. The van der Waals surface area contributed by atoms with Crippen LogP contribution in [0.3, 0.4) is 0 Å². The van der Waals surface area contributed by atoms with Crippen LogP contribution in [0.1, 0.15) is 0 Å². The van der Waals surface area contributed by atoms with E-state index in [2.05, 4.69) is 8.80 Å². The third-order valence-corrected chi connectivity index (χ3v) is 0.652. The second kappa shape index (κ2) is 16.4. The summed E-state index contributed by atoms with van der Waals surface area (Å²) < 4.78 is 44.7. The summed E-state index contributed by atoms with van der Waals surface area (Å²) in [5, 5.41) is 14.8. The molecule has 0 saturated carbocycles. The molecule has 0 saturated heterocycles. The average molecular weight is 300 g/mol. The Kier molecular flexibility index (Phi) is 22.6. The van der Waals surface area contributed by atoms with E-state index in [0.29, 0.717) is 12.1 Å². The van der Waals surface area contributed by atoms with Gasteiger partial charge in [0.2, 0.25) is 12.2 Å². The largest absolute Gasteiger partial charge is 1.00 e. The van der Waals surface area contributed by atoms with E-state index in [1.165, 1.54) is 12.2 Å². The maximum Gasteiger partial charge on any atom is 1.00 e. The van der Waals surface area contributed by atoms with Crippen molar-refractivity contribution in [2.45, 2.75) is 0 Å². The van der Waals surface area contributed by atoms with E-state index < -0.39 is 19.2 Å². The number of aliphatic carboxylic acids is 2. The van der Waals surface area contributed by atoms with Gasteiger partial charge in [0, 0.05) is 0 Å². The van der Waals surface area contributed by atoms with Crippen LogP contribution in [-0.2, 0) is 19.2 Å². The molecule has 0 aromatic heterocycles. The van der Waals surface area contributed by atoms with Crippen LogP contribution < -0.4 is 18.9 Å². The molecule has 0 heterocycles. The van der Waals surface area contributed by atoms with E-state index in [0.717, 1.165) is 0 Å². The minimum absolute atomic E-state index is 0. The number of nitrogens with zero attached hydrogens (tertiary/aromatic N) is 2. The molecule has 0 aromatic rings. The summed E-state index contributed by atoms with van der Waals surface area (Å²) in [4.78, 5) is 36.6. The van der Waals surface area contributed by atoms with E-state index in [1.54, 1.807) is 0 Å². The maximum atomic E-state index is 9.75. The monoisotopic (exact) mass is 300 g/mol. The second-order valence-corrected chi connectivity index (χ2v) is 2.08. The van der Waals surface area contributed by atoms with Gasteiger partial charge in [0.1, 0.15) is 12.1 Å². The molecule has 0 radical (unpaired) electrons. The van der Waals surface area contributed by atoms with Gasteiger partial charge in [0.05, 0.1) is 0 Å². The molecular weight excluding hydrogens is 298 g/mol. The molecule has 2 N–H and O–H groups in total. The van der Waals surface area contributed by atoms with Crippen LogP contribution in [0.15, 0.2) is 8.80 Å². The molecule has 19 heavy (non-hydrogen) atoms. The van der Waals surface area contributed by atoms with Crippen LogP contribution in [0.2, 0.25) is 0 Å².